The van der Waals surface area contributed by atoms with Gasteiger partial charge in [0.2, 0.25) is 0 Å². The third kappa shape index (κ3) is 5.06. The maximum absolute atomic E-state index is 13.0. The lowest BCUT2D eigenvalue weighted by molar-refractivity contribution is 0.101. The maximum atomic E-state index is 13.0. The van der Waals surface area contributed by atoms with Crippen LogP contribution in [0.4, 0.5) is 5.69 Å². The van der Waals surface area contributed by atoms with Crippen molar-refractivity contribution in [3.8, 4) is 5.75 Å². The molecule has 4 rings (SSSR count). The Morgan fingerprint density at radius 3 is 2.81 bits per heavy atom. The van der Waals surface area contributed by atoms with Crippen LogP contribution in [0.5, 0.6) is 5.75 Å². The van der Waals surface area contributed by atoms with Gasteiger partial charge in [0, 0.05) is 18.4 Å². The largest absolute Gasteiger partial charge is 0.495 e. The van der Waals surface area contributed by atoms with Crippen molar-refractivity contribution in [1.82, 2.24) is 19.9 Å². The molecule has 1 aromatic carbocycles. The molecule has 0 bridgehead atoms. The quantitative estimate of drug-likeness (QED) is 0.648. The van der Waals surface area contributed by atoms with Gasteiger partial charge in [0.1, 0.15) is 17.3 Å². The summed E-state index contributed by atoms with van der Waals surface area (Å²) in [6.45, 7) is 3.60. The minimum absolute atomic E-state index is 0.0634. The predicted molar refractivity (Wildman–Crippen MR) is 119 cm³/mol. The van der Waals surface area contributed by atoms with Gasteiger partial charge in [0.15, 0.2) is 0 Å². The van der Waals surface area contributed by atoms with Gasteiger partial charge in [-0.25, -0.2) is 9.97 Å². The van der Waals surface area contributed by atoms with Crippen molar-refractivity contribution in [2.75, 3.05) is 19.0 Å². The van der Waals surface area contributed by atoms with E-state index in [2.05, 4.69) is 20.2 Å². The van der Waals surface area contributed by atoms with Gasteiger partial charge in [-0.2, -0.15) is 0 Å². The summed E-state index contributed by atoms with van der Waals surface area (Å²) in [5.74, 6) is 1.03. The number of aryl methyl sites for hydroxylation is 1. The molecule has 1 amide bonds. The standard InChI is InChI=1S/C24H27N5O2/c1-17-15-20(24(30)28-19-10-3-4-12-22(19)31-2)27-23(26-17)21-11-6-8-14-29(21)16-18-9-5-7-13-25-18/h3-5,7,9-10,12-13,15,21H,6,8,11,14,16H2,1-2H3,(H,28,30). The van der Waals surface area contributed by atoms with Gasteiger partial charge in [-0.15, -0.1) is 0 Å². The zero-order valence-electron chi connectivity index (χ0n) is 17.9. The number of piperidine rings is 1. The molecule has 3 aromatic rings. The Balaban J connectivity index is 1.58. The monoisotopic (exact) mass is 417 g/mol. The van der Waals surface area contributed by atoms with Crippen LogP contribution in [0.2, 0.25) is 0 Å². The summed E-state index contributed by atoms with van der Waals surface area (Å²) in [6.07, 6.45) is 5.03. The molecule has 1 saturated heterocycles. The van der Waals surface area contributed by atoms with E-state index in [-0.39, 0.29) is 11.9 Å². The number of nitrogens with zero attached hydrogens (tertiary/aromatic N) is 4. The first-order chi connectivity index (χ1) is 15.1. The van der Waals surface area contributed by atoms with E-state index in [1.807, 2.05) is 49.5 Å². The number of anilines is 1. The normalized spacial score (nSPS) is 16.6. The van der Waals surface area contributed by atoms with Gasteiger partial charge < -0.3 is 10.1 Å². The topological polar surface area (TPSA) is 80.2 Å². The Bertz CT molecular complexity index is 1040. The molecule has 7 nitrogen and oxygen atoms in total. The number of methoxy groups -OCH3 is 1. The zero-order chi connectivity index (χ0) is 21.6. The Kier molecular flexibility index (Phi) is 6.52. The van der Waals surface area contributed by atoms with Crippen LogP contribution < -0.4 is 10.1 Å². The number of hydrogen-bond acceptors (Lipinski definition) is 6. The van der Waals surface area contributed by atoms with Crippen molar-refractivity contribution in [2.24, 2.45) is 0 Å². The van der Waals surface area contributed by atoms with Crippen molar-refractivity contribution in [3.05, 3.63) is 77.6 Å². The highest BCUT2D eigenvalue weighted by atomic mass is 16.5. The molecule has 160 valence electrons. The maximum Gasteiger partial charge on any atom is 0.274 e. The minimum Gasteiger partial charge on any atom is -0.495 e. The fourth-order valence-electron chi connectivity index (χ4n) is 3.96. The highest BCUT2D eigenvalue weighted by Crippen LogP contribution is 2.30. The number of benzene rings is 1. The van der Waals surface area contributed by atoms with E-state index in [0.717, 1.165) is 43.7 Å². The molecule has 0 radical (unpaired) electrons. The van der Waals surface area contributed by atoms with Crippen LogP contribution in [-0.4, -0.2) is 39.4 Å². The van der Waals surface area contributed by atoms with E-state index in [4.69, 9.17) is 9.72 Å². The fraction of sp³-hybridized carbons (Fsp3) is 0.333. The van der Waals surface area contributed by atoms with Crippen LogP contribution in [0.15, 0.2) is 54.7 Å². The summed E-state index contributed by atoms with van der Waals surface area (Å²) in [7, 11) is 1.58. The van der Waals surface area contributed by atoms with Gasteiger partial charge >= 0.3 is 0 Å². The lowest BCUT2D eigenvalue weighted by Crippen LogP contribution is -2.34. The molecule has 1 aliphatic heterocycles. The van der Waals surface area contributed by atoms with Gasteiger partial charge in [-0.05, 0) is 56.6 Å². The van der Waals surface area contributed by atoms with Crippen LogP contribution in [0.3, 0.4) is 0 Å². The molecule has 1 fully saturated rings. The van der Waals surface area contributed by atoms with Crippen molar-refractivity contribution >= 4 is 11.6 Å². The Hall–Kier alpha value is -3.32. The lowest BCUT2D eigenvalue weighted by Gasteiger charge is -2.34. The summed E-state index contributed by atoms with van der Waals surface area (Å²) in [5.41, 5.74) is 2.77. The summed E-state index contributed by atoms with van der Waals surface area (Å²) >= 11 is 0. The second kappa shape index (κ2) is 9.66. The van der Waals surface area contributed by atoms with Crippen molar-refractivity contribution < 1.29 is 9.53 Å². The van der Waals surface area contributed by atoms with Crippen molar-refractivity contribution in [2.45, 2.75) is 38.8 Å². The average Bonchev–Trinajstić information content (AvgIpc) is 2.80. The van der Waals surface area contributed by atoms with E-state index in [1.165, 1.54) is 0 Å². The number of amides is 1. The number of carbonyl (C=O) groups excluding carboxylic acids is 1. The molecular formula is C24H27N5O2. The minimum atomic E-state index is -0.275. The van der Waals surface area contributed by atoms with Crippen LogP contribution in [-0.2, 0) is 6.54 Å². The van der Waals surface area contributed by atoms with Crippen molar-refractivity contribution in [1.29, 1.82) is 0 Å². The number of nitrogens with one attached hydrogen (secondary N) is 1. The Morgan fingerprint density at radius 1 is 1.16 bits per heavy atom. The first-order valence-electron chi connectivity index (χ1n) is 10.6. The molecule has 31 heavy (non-hydrogen) atoms. The van der Waals surface area contributed by atoms with Crippen LogP contribution in [0, 0.1) is 6.92 Å². The number of ether oxygens (including phenoxy) is 1. The number of carbonyl (C=O) groups is 1. The molecule has 0 saturated carbocycles. The average molecular weight is 418 g/mol. The molecule has 1 atom stereocenters. The molecule has 1 aliphatic rings. The first-order valence-corrected chi connectivity index (χ1v) is 10.6. The van der Waals surface area contributed by atoms with Gasteiger partial charge in [-0.3, -0.25) is 14.7 Å². The highest BCUT2D eigenvalue weighted by Gasteiger charge is 2.27. The van der Waals surface area contributed by atoms with Gasteiger partial charge in [0.25, 0.3) is 5.91 Å². The van der Waals surface area contributed by atoms with E-state index in [9.17, 15) is 4.79 Å². The van der Waals surface area contributed by atoms with E-state index in [0.29, 0.717) is 23.0 Å². The summed E-state index contributed by atoms with van der Waals surface area (Å²) in [6, 6.07) is 15.1. The summed E-state index contributed by atoms with van der Waals surface area (Å²) in [4.78, 5) is 29.2. The summed E-state index contributed by atoms with van der Waals surface area (Å²) < 4.78 is 5.34. The Morgan fingerprint density at radius 2 is 2.00 bits per heavy atom. The lowest BCUT2D eigenvalue weighted by atomic mass is 10.0. The number of likely N-dealkylation sites (tertiary alicyclic amines) is 1. The molecule has 1 unspecified atom stereocenters. The Labute approximate surface area is 182 Å². The molecule has 2 aromatic heterocycles. The number of aromatic nitrogens is 3. The van der Waals surface area contributed by atoms with E-state index < -0.39 is 0 Å². The van der Waals surface area contributed by atoms with Crippen LogP contribution in [0.1, 0.15) is 53.0 Å². The van der Waals surface area contributed by atoms with Crippen molar-refractivity contribution in [3.63, 3.8) is 0 Å². The van der Waals surface area contributed by atoms with E-state index >= 15 is 0 Å². The molecule has 3 heterocycles. The second-order valence-electron chi connectivity index (χ2n) is 7.71. The van der Waals surface area contributed by atoms with Gasteiger partial charge in [0.05, 0.1) is 24.5 Å². The second-order valence-corrected chi connectivity index (χ2v) is 7.71. The molecule has 1 N–H and O–H groups in total. The molecule has 0 aliphatic carbocycles. The highest BCUT2D eigenvalue weighted by molar-refractivity contribution is 6.03. The number of hydrogen-bond donors (Lipinski definition) is 1. The molecule has 7 heteroatoms. The smallest absolute Gasteiger partial charge is 0.274 e. The molecule has 0 spiro atoms. The van der Waals surface area contributed by atoms with Gasteiger partial charge in [-0.1, -0.05) is 24.6 Å². The number of pyridine rings is 1. The summed E-state index contributed by atoms with van der Waals surface area (Å²) in [5, 5.41) is 2.91. The zero-order valence-corrected chi connectivity index (χ0v) is 17.9. The van der Waals surface area contributed by atoms with Crippen LogP contribution >= 0.6 is 0 Å². The predicted octanol–water partition coefficient (Wildman–Crippen LogP) is 4.17. The number of rotatable bonds is 6. The van der Waals surface area contributed by atoms with Crippen LogP contribution in [0.25, 0.3) is 0 Å². The third-order valence-electron chi connectivity index (χ3n) is 5.46. The third-order valence-corrected chi connectivity index (χ3v) is 5.46. The first kappa shape index (κ1) is 20.9. The number of para-hydroxylation sites is 2. The SMILES string of the molecule is COc1ccccc1NC(=O)c1cc(C)nc(C2CCCCN2Cc2ccccn2)n1. The molecular weight excluding hydrogens is 390 g/mol. The fourth-order valence-corrected chi connectivity index (χ4v) is 3.96. The van der Waals surface area contributed by atoms with E-state index in [1.54, 1.807) is 19.2 Å².